The van der Waals surface area contributed by atoms with Crippen LogP contribution >= 0.6 is 0 Å². The van der Waals surface area contributed by atoms with Crippen LogP contribution in [0.2, 0.25) is 0 Å². The summed E-state index contributed by atoms with van der Waals surface area (Å²) in [5, 5.41) is 40.6. The van der Waals surface area contributed by atoms with Gasteiger partial charge in [0.2, 0.25) is 0 Å². The van der Waals surface area contributed by atoms with Gasteiger partial charge in [-0.1, -0.05) is 13.8 Å². The summed E-state index contributed by atoms with van der Waals surface area (Å²) in [6, 6.07) is -1.05. The molecule has 9 nitrogen and oxygen atoms in total. The van der Waals surface area contributed by atoms with Crippen LogP contribution in [0.4, 0.5) is 0 Å². The molecule has 0 amide bonds. The smallest absolute Gasteiger partial charge is 0.328 e. The van der Waals surface area contributed by atoms with E-state index in [0.29, 0.717) is 0 Å². The number of hydrogen-bond donors (Lipinski definition) is 5. The third-order valence-corrected chi connectivity index (χ3v) is 3.67. The number of rotatable bonds is 8. The topological polar surface area (TPSA) is 149 Å². The highest BCUT2D eigenvalue weighted by atomic mass is 16.5. The molecule has 0 heterocycles. The van der Waals surface area contributed by atoms with E-state index in [4.69, 9.17) is 9.84 Å². The minimum atomic E-state index is -1.57. The van der Waals surface area contributed by atoms with Gasteiger partial charge in [-0.25, -0.2) is 4.79 Å². The highest BCUT2D eigenvalue weighted by molar-refractivity contribution is 6.02. The second-order valence-corrected chi connectivity index (χ2v) is 6.10. The molecule has 0 aromatic heterocycles. The first kappa shape index (κ1) is 19.9. The maximum atomic E-state index is 11.4. The molecule has 0 saturated heterocycles. The third kappa shape index (κ3) is 4.93. The quantitative estimate of drug-likeness (QED) is 0.399. The summed E-state index contributed by atoms with van der Waals surface area (Å²) in [6.45, 7) is 2.40. The van der Waals surface area contributed by atoms with Gasteiger partial charge in [-0.2, -0.15) is 0 Å². The molecule has 9 heteroatoms. The highest BCUT2D eigenvalue weighted by Gasteiger charge is 2.38. The molecule has 24 heavy (non-hydrogen) atoms. The lowest BCUT2D eigenvalue weighted by Crippen LogP contribution is -2.44. The van der Waals surface area contributed by atoms with E-state index < -0.39 is 36.7 Å². The fourth-order valence-electron chi connectivity index (χ4n) is 2.48. The lowest BCUT2D eigenvalue weighted by atomic mass is 9.85. The van der Waals surface area contributed by atoms with Crippen molar-refractivity contribution < 1.29 is 34.8 Å². The number of carboxylic acid groups (broad SMARTS) is 2. The van der Waals surface area contributed by atoms with E-state index in [1.807, 2.05) is 0 Å². The Morgan fingerprint density at radius 1 is 1.33 bits per heavy atom. The average molecular weight is 344 g/mol. The Balaban J connectivity index is 3.33. The van der Waals surface area contributed by atoms with Crippen molar-refractivity contribution in [2.45, 2.75) is 38.3 Å². The largest absolute Gasteiger partial charge is 0.493 e. The zero-order chi connectivity index (χ0) is 18.5. The molecule has 0 aromatic carbocycles. The minimum absolute atomic E-state index is 0.0572. The predicted molar refractivity (Wildman–Crippen MR) is 84.6 cm³/mol. The molecule has 2 atom stereocenters. The summed E-state index contributed by atoms with van der Waals surface area (Å²) in [5.41, 5.74) is -1.13. The Labute approximate surface area is 139 Å². The second-order valence-electron chi connectivity index (χ2n) is 6.10. The second kappa shape index (κ2) is 8.11. The Hall–Kier alpha value is -2.13. The highest BCUT2D eigenvalue weighted by Crippen LogP contribution is 2.31. The Kier molecular flexibility index (Phi) is 6.73. The normalized spacial score (nSPS) is 24.2. The first-order chi connectivity index (χ1) is 11.1. The molecule has 1 rings (SSSR count). The molecule has 1 aliphatic rings. The van der Waals surface area contributed by atoms with Crippen molar-refractivity contribution in [1.29, 1.82) is 0 Å². The van der Waals surface area contributed by atoms with Crippen LogP contribution in [0, 0.1) is 5.92 Å². The van der Waals surface area contributed by atoms with Gasteiger partial charge in [0.25, 0.3) is 0 Å². The maximum absolute atomic E-state index is 11.4. The van der Waals surface area contributed by atoms with Gasteiger partial charge in [-0.05, 0) is 5.92 Å². The fourth-order valence-corrected chi connectivity index (χ4v) is 2.48. The molecular weight excluding hydrogens is 320 g/mol. The SMILES string of the molecule is COC1=C(NCC(=O)O)C[C@@](O)(CO)C/C1=N\[C@H](C(=O)O)C(C)C. The van der Waals surface area contributed by atoms with Crippen LogP contribution in [0.25, 0.3) is 0 Å². The molecule has 136 valence electrons. The van der Waals surface area contributed by atoms with E-state index >= 15 is 0 Å². The zero-order valence-corrected chi connectivity index (χ0v) is 13.9. The summed E-state index contributed by atoms with van der Waals surface area (Å²) in [6.07, 6.45) is -0.153. The Bertz CT molecular complexity index is 556. The van der Waals surface area contributed by atoms with Gasteiger partial charge in [-0.3, -0.25) is 9.79 Å². The molecule has 0 bridgehead atoms. The molecule has 0 spiro atoms. The number of methoxy groups -OCH3 is 1. The molecule has 0 fully saturated rings. The average Bonchev–Trinajstić information content (AvgIpc) is 2.49. The van der Waals surface area contributed by atoms with Crippen LogP contribution in [0.1, 0.15) is 26.7 Å². The zero-order valence-electron chi connectivity index (χ0n) is 13.9. The standard InChI is InChI=1S/C15H24N2O7/c1-8(2)12(14(21)22)17-10-5-15(23,7-18)4-9(13(10)24-3)16-6-11(19)20/h8,12,16,18,23H,4-7H2,1-3H3,(H,19,20)(H,21,22)/b17-10+/t12-,15-/m0/s1. The van der Waals surface area contributed by atoms with E-state index in [-0.39, 0.29) is 35.9 Å². The van der Waals surface area contributed by atoms with Crippen molar-refractivity contribution in [1.82, 2.24) is 5.32 Å². The molecule has 0 radical (unpaired) electrons. The first-order valence-corrected chi connectivity index (χ1v) is 7.49. The third-order valence-electron chi connectivity index (χ3n) is 3.67. The van der Waals surface area contributed by atoms with Gasteiger partial charge in [0.1, 0.15) is 12.6 Å². The Morgan fingerprint density at radius 3 is 2.38 bits per heavy atom. The van der Waals surface area contributed by atoms with Gasteiger partial charge in [0, 0.05) is 12.8 Å². The van der Waals surface area contributed by atoms with Crippen LogP contribution in [0.5, 0.6) is 0 Å². The molecule has 0 saturated carbocycles. The Morgan fingerprint density at radius 2 is 1.96 bits per heavy atom. The summed E-state index contributed by atoms with van der Waals surface area (Å²) in [5.74, 6) is -2.33. The monoisotopic (exact) mass is 344 g/mol. The first-order valence-electron chi connectivity index (χ1n) is 7.49. The molecular formula is C15H24N2O7. The predicted octanol–water partition coefficient (Wildman–Crippen LogP) is -0.414. The number of aliphatic hydroxyl groups excluding tert-OH is 1. The van der Waals surface area contributed by atoms with Crippen LogP contribution in [-0.4, -0.2) is 70.0 Å². The van der Waals surface area contributed by atoms with Crippen molar-refractivity contribution in [2.75, 3.05) is 20.3 Å². The number of nitrogens with zero attached hydrogens (tertiary/aromatic N) is 1. The van der Waals surface area contributed by atoms with E-state index in [1.54, 1.807) is 13.8 Å². The van der Waals surface area contributed by atoms with Gasteiger partial charge in [-0.15, -0.1) is 0 Å². The van der Waals surface area contributed by atoms with Crippen LogP contribution in [0.15, 0.2) is 16.4 Å². The lowest BCUT2D eigenvalue weighted by molar-refractivity contribution is -0.139. The van der Waals surface area contributed by atoms with Gasteiger partial charge in [0.15, 0.2) is 5.76 Å². The van der Waals surface area contributed by atoms with Crippen molar-refractivity contribution in [2.24, 2.45) is 10.9 Å². The van der Waals surface area contributed by atoms with Gasteiger partial charge in [0.05, 0.1) is 30.7 Å². The number of aliphatic imine (C=N–C) groups is 1. The molecule has 0 unspecified atom stereocenters. The van der Waals surface area contributed by atoms with Crippen molar-refractivity contribution in [3.8, 4) is 0 Å². The number of aliphatic carboxylic acids is 2. The molecule has 5 N–H and O–H groups in total. The van der Waals surface area contributed by atoms with E-state index in [0.717, 1.165) is 0 Å². The summed E-state index contributed by atoms with van der Waals surface area (Å²) in [7, 11) is 1.35. The maximum Gasteiger partial charge on any atom is 0.328 e. The van der Waals surface area contributed by atoms with Crippen molar-refractivity contribution in [3.05, 3.63) is 11.5 Å². The van der Waals surface area contributed by atoms with Crippen LogP contribution in [-0.2, 0) is 14.3 Å². The number of aliphatic hydroxyl groups is 2. The van der Waals surface area contributed by atoms with Gasteiger partial charge < -0.3 is 30.5 Å². The number of carbonyl (C=O) groups is 2. The molecule has 0 aliphatic heterocycles. The van der Waals surface area contributed by atoms with Crippen LogP contribution in [0.3, 0.4) is 0 Å². The molecule has 0 aromatic rings. The number of ether oxygens (including phenoxy) is 1. The summed E-state index contributed by atoms with van der Waals surface area (Å²) < 4.78 is 5.25. The summed E-state index contributed by atoms with van der Waals surface area (Å²) >= 11 is 0. The number of nitrogens with one attached hydrogen (secondary N) is 1. The minimum Gasteiger partial charge on any atom is -0.493 e. The van der Waals surface area contributed by atoms with Crippen molar-refractivity contribution >= 4 is 17.7 Å². The van der Waals surface area contributed by atoms with E-state index in [2.05, 4.69) is 10.3 Å². The summed E-state index contributed by atoms with van der Waals surface area (Å²) in [4.78, 5) is 26.3. The number of allylic oxidation sites excluding steroid dienone is 1. The number of carboxylic acids is 2. The number of hydrogen-bond acceptors (Lipinski definition) is 7. The fraction of sp³-hybridized carbons (Fsp3) is 0.667. The van der Waals surface area contributed by atoms with Crippen molar-refractivity contribution in [3.63, 3.8) is 0 Å². The van der Waals surface area contributed by atoms with Gasteiger partial charge >= 0.3 is 11.9 Å². The van der Waals surface area contributed by atoms with Crippen LogP contribution < -0.4 is 5.32 Å². The lowest BCUT2D eigenvalue weighted by Gasteiger charge is -2.34. The van der Waals surface area contributed by atoms with E-state index in [9.17, 15) is 24.9 Å². The molecule has 1 aliphatic carbocycles. The van der Waals surface area contributed by atoms with E-state index in [1.165, 1.54) is 7.11 Å².